The Hall–Kier alpha value is -1.45. The standard InChI is InChI=1S/C13H10ClFO2/c14-13(17)7-6-10(15)8-11(13)12(16)9-4-2-1-3-5-9/h1-8,11,17H. The van der Waals surface area contributed by atoms with Gasteiger partial charge in [0.15, 0.2) is 10.8 Å². The zero-order chi connectivity index (χ0) is 12.5. The zero-order valence-electron chi connectivity index (χ0n) is 8.81. The average Bonchev–Trinajstić information content (AvgIpc) is 2.33. The first kappa shape index (κ1) is 12.0. The Labute approximate surface area is 103 Å². The van der Waals surface area contributed by atoms with Gasteiger partial charge in [-0.25, -0.2) is 4.39 Å². The number of benzene rings is 1. The number of carbonyl (C=O) groups excluding carboxylic acids is 1. The zero-order valence-corrected chi connectivity index (χ0v) is 9.56. The molecule has 2 atom stereocenters. The lowest BCUT2D eigenvalue weighted by atomic mass is 9.88. The molecule has 2 rings (SSSR count). The molecule has 4 heteroatoms. The van der Waals surface area contributed by atoms with E-state index >= 15 is 0 Å². The number of ketones is 1. The van der Waals surface area contributed by atoms with Gasteiger partial charge in [0.25, 0.3) is 0 Å². The predicted molar refractivity (Wildman–Crippen MR) is 63.4 cm³/mol. The predicted octanol–water partition coefficient (Wildman–Crippen LogP) is 2.84. The van der Waals surface area contributed by atoms with Crippen LogP contribution in [0.1, 0.15) is 10.4 Å². The lowest BCUT2D eigenvalue weighted by Gasteiger charge is -2.26. The van der Waals surface area contributed by atoms with Crippen LogP contribution < -0.4 is 0 Å². The minimum Gasteiger partial charge on any atom is -0.370 e. The van der Waals surface area contributed by atoms with Gasteiger partial charge in [0, 0.05) is 5.56 Å². The smallest absolute Gasteiger partial charge is 0.174 e. The number of allylic oxidation sites excluding steroid dienone is 2. The molecule has 1 aliphatic carbocycles. The van der Waals surface area contributed by atoms with E-state index in [-0.39, 0.29) is 0 Å². The van der Waals surface area contributed by atoms with Gasteiger partial charge in [-0.2, -0.15) is 0 Å². The maximum atomic E-state index is 13.1. The Morgan fingerprint density at radius 3 is 2.65 bits per heavy atom. The van der Waals surface area contributed by atoms with Crippen LogP contribution in [0, 0.1) is 5.92 Å². The van der Waals surface area contributed by atoms with Crippen molar-refractivity contribution in [1.82, 2.24) is 0 Å². The van der Waals surface area contributed by atoms with Crippen molar-refractivity contribution in [1.29, 1.82) is 0 Å². The van der Waals surface area contributed by atoms with Gasteiger partial charge in [-0.1, -0.05) is 41.9 Å². The van der Waals surface area contributed by atoms with E-state index in [0.29, 0.717) is 5.56 Å². The van der Waals surface area contributed by atoms with Crippen molar-refractivity contribution in [3.05, 3.63) is 60.0 Å². The fourth-order valence-corrected chi connectivity index (χ4v) is 1.90. The SMILES string of the molecule is O=C(c1ccccc1)C1C=C(F)C=CC1(O)Cl. The number of Topliss-reactive ketones (excluding diaryl/α,β-unsaturated/α-hetero) is 1. The Kier molecular flexibility index (Phi) is 3.13. The molecule has 0 saturated carbocycles. The van der Waals surface area contributed by atoms with Crippen LogP contribution >= 0.6 is 11.6 Å². The lowest BCUT2D eigenvalue weighted by molar-refractivity contribution is 0.0758. The Morgan fingerprint density at radius 2 is 2.00 bits per heavy atom. The second kappa shape index (κ2) is 4.43. The summed E-state index contributed by atoms with van der Waals surface area (Å²) in [6, 6.07) is 8.35. The van der Waals surface area contributed by atoms with E-state index in [1.54, 1.807) is 30.3 Å². The highest BCUT2D eigenvalue weighted by molar-refractivity contribution is 6.26. The summed E-state index contributed by atoms with van der Waals surface area (Å²) in [6.07, 6.45) is 3.15. The number of halogens is 2. The molecule has 0 aliphatic heterocycles. The Balaban J connectivity index is 2.34. The molecule has 0 radical (unpaired) electrons. The van der Waals surface area contributed by atoms with Gasteiger partial charge < -0.3 is 5.11 Å². The number of carbonyl (C=O) groups is 1. The highest BCUT2D eigenvalue weighted by atomic mass is 35.5. The van der Waals surface area contributed by atoms with Crippen LogP contribution in [-0.2, 0) is 0 Å². The molecule has 0 saturated heterocycles. The fourth-order valence-electron chi connectivity index (χ4n) is 1.67. The number of hydrogen-bond acceptors (Lipinski definition) is 2. The molecule has 1 aromatic rings. The molecule has 1 aromatic carbocycles. The summed E-state index contributed by atoms with van der Waals surface area (Å²) in [5.41, 5.74) is 0.385. The highest BCUT2D eigenvalue weighted by Gasteiger charge is 2.38. The quantitative estimate of drug-likeness (QED) is 0.649. The van der Waals surface area contributed by atoms with Gasteiger partial charge in [0.2, 0.25) is 0 Å². The van der Waals surface area contributed by atoms with E-state index in [9.17, 15) is 14.3 Å². The minimum atomic E-state index is -1.87. The minimum absolute atomic E-state index is 0.385. The van der Waals surface area contributed by atoms with Crippen LogP contribution in [0.2, 0.25) is 0 Å². The molecule has 88 valence electrons. The van der Waals surface area contributed by atoms with Crippen LogP contribution in [-0.4, -0.2) is 16.0 Å². The maximum Gasteiger partial charge on any atom is 0.174 e. The molecule has 0 heterocycles. The molecule has 17 heavy (non-hydrogen) atoms. The number of rotatable bonds is 2. The molecular weight excluding hydrogens is 243 g/mol. The molecule has 2 unspecified atom stereocenters. The van der Waals surface area contributed by atoms with E-state index < -0.39 is 22.6 Å². The summed E-state index contributed by atoms with van der Waals surface area (Å²) in [5, 5.41) is 7.96. The second-order valence-corrected chi connectivity index (χ2v) is 4.43. The van der Waals surface area contributed by atoms with Crippen LogP contribution in [0.15, 0.2) is 54.4 Å². The van der Waals surface area contributed by atoms with Gasteiger partial charge in [-0.15, -0.1) is 0 Å². The molecule has 1 aliphatic rings. The summed E-state index contributed by atoms with van der Waals surface area (Å²) < 4.78 is 13.1. The van der Waals surface area contributed by atoms with Crippen LogP contribution in [0.3, 0.4) is 0 Å². The van der Waals surface area contributed by atoms with Crippen molar-refractivity contribution < 1.29 is 14.3 Å². The molecule has 0 bridgehead atoms. The van der Waals surface area contributed by atoms with Gasteiger partial charge in [0.05, 0.1) is 5.92 Å². The van der Waals surface area contributed by atoms with Crippen molar-refractivity contribution in [3.63, 3.8) is 0 Å². The highest BCUT2D eigenvalue weighted by Crippen LogP contribution is 2.33. The fraction of sp³-hybridized carbons (Fsp3) is 0.154. The molecule has 0 amide bonds. The number of hydrogen-bond donors (Lipinski definition) is 1. The molecule has 1 N–H and O–H groups in total. The molecular formula is C13H10ClFO2. The summed E-state index contributed by atoms with van der Waals surface area (Å²) in [6.45, 7) is 0. The van der Waals surface area contributed by atoms with Crippen molar-refractivity contribution >= 4 is 17.4 Å². The molecule has 2 nitrogen and oxygen atoms in total. The van der Waals surface area contributed by atoms with E-state index in [1.165, 1.54) is 0 Å². The summed E-state index contributed by atoms with van der Waals surface area (Å²) >= 11 is 5.78. The Bertz CT molecular complexity index is 491. The number of aliphatic hydroxyl groups is 1. The van der Waals surface area contributed by atoms with E-state index in [1.807, 2.05) is 0 Å². The number of alkyl halides is 1. The normalized spacial score (nSPS) is 27.7. The van der Waals surface area contributed by atoms with Gasteiger partial charge >= 0.3 is 0 Å². The third-order valence-corrected chi connectivity index (χ3v) is 2.94. The molecule has 0 aromatic heterocycles. The summed E-state index contributed by atoms with van der Waals surface area (Å²) in [5.74, 6) is -2.11. The van der Waals surface area contributed by atoms with Crippen LogP contribution in [0.5, 0.6) is 0 Å². The van der Waals surface area contributed by atoms with Crippen LogP contribution in [0.25, 0.3) is 0 Å². The third-order valence-electron chi connectivity index (χ3n) is 2.58. The van der Waals surface area contributed by atoms with Gasteiger partial charge in [0.1, 0.15) is 5.83 Å². The van der Waals surface area contributed by atoms with Gasteiger partial charge in [-0.3, -0.25) is 4.79 Å². The largest absolute Gasteiger partial charge is 0.370 e. The van der Waals surface area contributed by atoms with Crippen molar-refractivity contribution in [2.75, 3.05) is 0 Å². The first-order chi connectivity index (χ1) is 8.00. The summed E-state index contributed by atoms with van der Waals surface area (Å²) in [4.78, 5) is 12.1. The first-order valence-electron chi connectivity index (χ1n) is 5.08. The average molecular weight is 253 g/mol. The van der Waals surface area contributed by atoms with Crippen molar-refractivity contribution in [2.24, 2.45) is 5.92 Å². The van der Waals surface area contributed by atoms with Crippen molar-refractivity contribution in [2.45, 2.75) is 5.06 Å². The monoisotopic (exact) mass is 252 g/mol. The topological polar surface area (TPSA) is 37.3 Å². The maximum absolute atomic E-state index is 13.1. The van der Waals surface area contributed by atoms with Crippen LogP contribution in [0.4, 0.5) is 4.39 Å². The first-order valence-corrected chi connectivity index (χ1v) is 5.45. The van der Waals surface area contributed by atoms with E-state index in [4.69, 9.17) is 11.6 Å². The van der Waals surface area contributed by atoms with E-state index in [2.05, 4.69) is 0 Å². The molecule has 0 spiro atoms. The lowest BCUT2D eigenvalue weighted by Crippen LogP contribution is -2.36. The van der Waals surface area contributed by atoms with E-state index in [0.717, 1.165) is 18.2 Å². The van der Waals surface area contributed by atoms with Crippen molar-refractivity contribution in [3.8, 4) is 0 Å². The molecule has 0 fully saturated rings. The van der Waals surface area contributed by atoms with Gasteiger partial charge in [-0.05, 0) is 18.2 Å². The Morgan fingerprint density at radius 1 is 1.35 bits per heavy atom. The third kappa shape index (κ3) is 2.46. The second-order valence-electron chi connectivity index (χ2n) is 3.82. The summed E-state index contributed by atoms with van der Waals surface area (Å²) in [7, 11) is 0.